The second-order valence-electron chi connectivity index (χ2n) is 5.58. The summed E-state index contributed by atoms with van der Waals surface area (Å²) in [7, 11) is 1.29. The number of rotatable bonds is 6. The molecule has 0 saturated heterocycles. The maximum absolute atomic E-state index is 12.9. The lowest BCUT2D eigenvalue weighted by molar-refractivity contribution is -0.114. The Morgan fingerprint density at radius 3 is 2.77 bits per heavy atom. The lowest BCUT2D eigenvalue weighted by Gasteiger charge is -2.12. The molecule has 0 amide bonds. The molecule has 0 aliphatic heterocycles. The van der Waals surface area contributed by atoms with E-state index in [1.807, 2.05) is 0 Å². The van der Waals surface area contributed by atoms with Crippen LogP contribution < -0.4 is 5.56 Å². The highest BCUT2D eigenvalue weighted by Crippen LogP contribution is 2.20. The Morgan fingerprint density at radius 2 is 2.12 bits per heavy atom. The number of carbonyl (C=O) groups excluding carboxylic acids is 2. The number of Topliss-reactive ketones (excluding diaryl/α,β-unsaturated/α-hetero) is 1. The fourth-order valence-corrected chi connectivity index (χ4v) is 3.22. The number of esters is 1. The number of fused-ring (bicyclic) bond motifs is 1. The number of benzene rings is 1. The third-order valence-electron chi connectivity index (χ3n) is 3.64. The van der Waals surface area contributed by atoms with Crippen LogP contribution in [0.15, 0.2) is 51.0 Å². The summed E-state index contributed by atoms with van der Waals surface area (Å²) in [6.07, 6.45) is 1.53. The van der Waals surface area contributed by atoms with Gasteiger partial charge in [-0.15, -0.1) is 0 Å². The highest BCUT2D eigenvalue weighted by molar-refractivity contribution is 7.99. The molecule has 0 aliphatic carbocycles. The van der Waals surface area contributed by atoms with Crippen molar-refractivity contribution in [1.82, 2.24) is 9.55 Å². The van der Waals surface area contributed by atoms with Crippen LogP contribution in [0.1, 0.15) is 23.0 Å². The van der Waals surface area contributed by atoms with E-state index in [9.17, 15) is 14.4 Å². The molecule has 0 aliphatic rings. The maximum Gasteiger partial charge on any atom is 0.337 e. The Hall–Kier alpha value is -2.87. The molecule has 2 aromatic heterocycles. The van der Waals surface area contributed by atoms with Crippen molar-refractivity contribution >= 4 is 34.4 Å². The third kappa shape index (κ3) is 3.70. The molecule has 3 aromatic rings. The van der Waals surface area contributed by atoms with E-state index in [0.29, 0.717) is 27.4 Å². The summed E-state index contributed by atoms with van der Waals surface area (Å²) in [5, 5.41) is 0.757. The Kier molecular flexibility index (Phi) is 5.22. The maximum atomic E-state index is 12.9. The summed E-state index contributed by atoms with van der Waals surface area (Å²) in [6, 6.07) is 8.08. The van der Waals surface area contributed by atoms with Crippen LogP contribution in [-0.2, 0) is 16.1 Å². The molecule has 7 nitrogen and oxygen atoms in total. The van der Waals surface area contributed by atoms with Crippen LogP contribution in [0.2, 0.25) is 0 Å². The second-order valence-corrected chi connectivity index (χ2v) is 6.52. The van der Waals surface area contributed by atoms with E-state index in [1.165, 1.54) is 48.8 Å². The SMILES string of the molecule is COC(=O)c1ccc2c(=O)n(Cc3ccco3)c(SCC(C)=O)nc2c1. The summed E-state index contributed by atoms with van der Waals surface area (Å²) >= 11 is 1.17. The van der Waals surface area contributed by atoms with E-state index in [1.54, 1.807) is 18.2 Å². The van der Waals surface area contributed by atoms with Gasteiger partial charge in [-0.25, -0.2) is 9.78 Å². The summed E-state index contributed by atoms with van der Waals surface area (Å²) in [5.41, 5.74) is 0.409. The number of methoxy groups -OCH3 is 1. The predicted octanol–water partition coefficient (Wildman–Crippen LogP) is 2.51. The number of thioether (sulfide) groups is 1. The smallest absolute Gasteiger partial charge is 0.337 e. The number of carbonyl (C=O) groups is 2. The van der Waals surface area contributed by atoms with E-state index < -0.39 is 5.97 Å². The molecular formula is C18H16N2O5S. The summed E-state index contributed by atoms with van der Waals surface area (Å²) in [5.74, 6) is 0.250. The normalized spacial score (nSPS) is 10.8. The van der Waals surface area contributed by atoms with Crippen molar-refractivity contribution in [3.8, 4) is 0 Å². The number of hydrogen-bond donors (Lipinski definition) is 0. The van der Waals surface area contributed by atoms with E-state index in [2.05, 4.69) is 4.98 Å². The first-order chi connectivity index (χ1) is 12.5. The van der Waals surface area contributed by atoms with Crippen molar-refractivity contribution in [3.05, 3.63) is 58.3 Å². The molecule has 8 heteroatoms. The van der Waals surface area contributed by atoms with Crippen LogP contribution in [0.3, 0.4) is 0 Å². The van der Waals surface area contributed by atoms with E-state index in [-0.39, 0.29) is 23.6 Å². The zero-order chi connectivity index (χ0) is 18.7. The molecule has 0 atom stereocenters. The van der Waals surface area contributed by atoms with Gasteiger partial charge < -0.3 is 9.15 Å². The fraction of sp³-hybridized carbons (Fsp3) is 0.222. The van der Waals surface area contributed by atoms with Crippen LogP contribution in [-0.4, -0.2) is 34.2 Å². The average Bonchev–Trinajstić information content (AvgIpc) is 3.14. The molecule has 0 bridgehead atoms. The molecule has 134 valence electrons. The molecule has 0 unspecified atom stereocenters. The fourth-order valence-electron chi connectivity index (χ4n) is 2.42. The zero-order valence-corrected chi connectivity index (χ0v) is 15.0. The number of furan rings is 1. The number of aromatic nitrogens is 2. The highest BCUT2D eigenvalue weighted by atomic mass is 32.2. The van der Waals surface area contributed by atoms with Crippen molar-refractivity contribution in [2.45, 2.75) is 18.6 Å². The standard InChI is InChI=1S/C18H16N2O5S/c1-11(21)10-26-18-19-15-8-12(17(23)24-2)5-6-14(15)16(22)20(18)9-13-4-3-7-25-13/h3-8H,9-10H2,1-2H3. The van der Waals surface area contributed by atoms with Gasteiger partial charge in [0.1, 0.15) is 11.5 Å². The van der Waals surface area contributed by atoms with Crippen LogP contribution in [0.5, 0.6) is 0 Å². The van der Waals surface area contributed by atoms with Crippen molar-refractivity contribution < 1.29 is 18.7 Å². The summed E-state index contributed by atoms with van der Waals surface area (Å²) in [4.78, 5) is 40.5. The first-order valence-corrected chi connectivity index (χ1v) is 8.75. The molecule has 2 heterocycles. The van der Waals surface area contributed by atoms with Gasteiger partial charge >= 0.3 is 5.97 Å². The molecular weight excluding hydrogens is 356 g/mol. The quantitative estimate of drug-likeness (QED) is 0.373. The van der Waals surface area contributed by atoms with Crippen LogP contribution >= 0.6 is 11.8 Å². The van der Waals surface area contributed by atoms with Gasteiger partial charge in [0.05, 0.1) is 42.1 Å². The number of nitrogens with zero attached hydrogens (tertiary/aromatic N) is 2. The average molecular weight is 372 g/mol. The summed E-state index contributed by atoms with van der Waals surface area (Å²) < 4.78 is 11.5. The first kappa shape index (κ1) is 17.9. The molecule has 0 spiro atoms. The van der Waals surface area contributed by atoms with Crippen molar-refractivity contribution in [3.63, 3.8) is 0 Å². The van der Waals surface area contributed by atoms with Gasteiger partial charge in [0.2, 0.25) is 0 Å². The summed E-state index contributed by atoms with van der Waals surface area (Å²) in [6.45, 7) is 1.67. The van der Waals surface area contributed by atoms with Gasteiger partial charge in [-0.05, 0) is 37.3 Å². The van der Waals surface area contributed by atoms with Gasteiger partial charge in [0.15, 0.2) is 5.16 Å². The van der Waals surface area contributed by atoms with Crippen LogP contribution in [0, 0.1) is 0 Å². The molecule has 0 saturated carbocycles. The molecule has 0 N–H and O–H groups in total. The third-order valence-corrected chi connectivity index (χ3v) is 4.76. The minimum Gasteiger partial charge on any atom is -0.467 e. The Balaban J connectivity index is 2.14. The van der Waals surface area contributed by atoms with E-state index >= 15 is 0 Å². The molecule has 26 heavy (non-hydrogen) atoms. The van der Waals surface area contributed by atoms with Crippen molar-refractivity contribution in [1.29, 1.82) is 0 Å². The lowest BCUT2D eigenvalue weighted by atomic mass is 10.1. The van der Waals surface area contributed by atoms with Crippen LogP contribution in [0.4, 0.5) is 0 Å². The second kappa shape index (κ2) is 7.57. The van der Waals surface area contributed by atoms with E-state index in [0.717, 1.165) is 0 Å². The topological polar surface area (TPSA) is 91.4 Å². The Bertz CT molecular complexity index is 1020. The van der Waals surface area contributed by atoms with Gasteiger partial charge in [0, 0.05) is 0 Å². The van der Waals surface area contributed by atoms with E-state index in [4.69, 9.17) is 9.15 Å². The minimum atomic E-state index is -0.508. The van der Waals surface area contributed by atoms with Crippen molar-refractivity contribution in [2.24, 2.45) is 0 Å². The Morgan fingerprint density at radius 1 is 1.31 bits per heavy atom. The minimum absolute atomic E-state index is 0.0304. The zero-order valence-electron chi connectivity index (χ0n) is 14.2. The first-order valence-electron chi connectivity index (χ1n) is 7.77. The molecule has 0 fully saturated rings. The van der Waals surface area contributed by atoms with Gasteiger partial charge in [0.25, 0.3) is 5.56 Å². The molecule has 1 aromatic carbocycles. The number of ether oxygens (including phenoxy) is 1. The number of hydrogen-bond acceptors (Lipinski definition) is 7. The lowest BCUT2D eigenvalue weighted by Crippen LogP contribution is -2.24. The number of ketones is 1. The molecule has 3 rings (SSSR count). The monoisotopic (exact) mass is 372 g/mol. The van der Waals surface area contributed by atoms with Gasteiger partial charge in [-0.3, -0.25) is 14.2 Å². The predicted molar refractivity (Wildman–Crippen MR) is 96.6 cm³/mol. The van der Waals surface area contributed by atoms with Gasteiger partial charge in [-0.2, -0.15) is 0 Å². The molecule has 0 radical (unpaired) electrons. The van der Waals surface area contributed by atoms with Gasteiger partial charge in [-0.1, -0.05) is 11.8 Å². The van der Waals surface area contributed by atoms with Crippen molar-refractivity contribution in [2.75, 3.05) is 12.9 Å². The van der Waals surface area contributed by atoms with Crippen LogP contribution in [0.25, 0.3) is 10.9 Å². The Labute approximate surface area is 153 Å². The largest absolute Gasteiger partial charge is 0.467 e. The highest BCUT2D eigenvalue weighted by Gasteiger charge is 2.16.